The summed E-state index contributed by atoms with van der Waals surface area (Å²) in [4.78, 5) is 14.8. The molecule has 152 valence electrons. The molecule has 0 bridgehead atoms. The Labute approximate surface area is 181 Å². The van der Waals surface area contributed by atoms with E-state index in [9.17, 15) is 4.79 Å². The first kappa shape index (κ1) is 21.2. The van der Waals surface area contributed by atoms with Crippen LogP contribution in [0.1, 0.15) is 36.6 Å². The van der Waals surface area contributed by atoms with Crippen LogP contribution < -0.4 is 5.32 Å². The molecular weight excluding hydrogens is 426 g/mol. The van der Waals surface area contributed by atoms with Gasteiger partial charge in [-0.3, -0.25) is 0 Å². The zero-order chi connectivity index (χ0) is 20.6. The van der Waals surface area contributed by atoms with Gasteiger partial charge in [0.15, 0.2) is 0 Å². The molecule has 5 heteroatoms. The third-order valence-electron chi connectivity index (χ3n) is 4.88. The number of halogens is 1. The van der Waals surface area contributed by atoms with Gasteiger partial charge < -0.3 is 14.8 Å². The second kappa shape index (κ2) is 10.3. The molecule has 29 heavy (non-hydrogen) atoms. The number of benzene rings is 2. The van der Waals surface area contributed by atoms with Crippen molar-refractivity contribution in [3.8, 4) is 0 Å². The Morgan fingerprint density at radius 3 is 2.62 bits per heavy atom. The number of hydrogen-bond acceptors (Lipinski definition) is 1. The van der Waals surface area contributed by atoms with Gasteiger partial charge >= 0.3 is 6.03 Å². The topological polar surface area (TPSA) is 37.3 Å². The number of aryl methyl sites for hydroxylation is 1. The van der Waals surface area contributed by atoms with Gasteiger partial charge in [0.25, 0.3) is 0 Å². The Morgan fingerprint density at radius 1 is 1.10 bits per heavy atom. The van der Waals surface area contributed by atoms with Crippen molar-refractivity contribution in [3.05, 3.63) is 88.2 Å². The molecule has 0 radical (unpaired) electrons. The monoisotopic (exact) mass is 453 g/mol. The summed E-state index contributed by atoms with van der Waals surface area (Å²) in [7, 11) is 0. The molecule has 0 saturated heterocycles. The number of amides is 2. The molecule has 2 amide bonds. The zero-order valence-corrected chi connectivity index (χ0v) is 18.7. The van der Waals surface area contributed by atoms with Crippen LogP contribution in [0.25, 0.3) is 0 Å². The fourth-order valence-corrected chi connectivity index (χ4v) is 3.55. The Kier molecular flexibility index (Phi) is 7.53. The van der Waals surface area contributed by atoms with E-state index in [4.69, 9.17) is 0 Å². The van der Waals surface area contributed by atoms with Gasteiger partial charge in [0, 0.05) is 35.1 Å². The number of nitrogens with zero attached hydrogens (tertiary/aromatic N) is 2. The summed E-state index contributed by atoms with van der Waals surface area (Å²) >= 11 is 3.43. The second-order valence-corrected chi connectivity index (χ2v) is 8.24. The SMILES string of the molecule is CCCCN(Cc1cccn1Cc1cccc(C)c1)C(=O)Nc1ccc(Br)cc1. The molecule has 0 aliphatic heterocycles. The second-order valence-electron chi connectivity index (χ2n) is 7.33. The number of carbonyl (C=O) groups is 1. The van der Waals surface area contributed by atoms with Crippen LogP contribution in [0.3, 0.4) is 0 Å². The highest BCUT2D eigenvalue weighted by Gasteiger charge is 2.16. The van der Waals surface area contributed by atoms with E-state index in [0.29, 0.717) is 6.54 Å². The molecule has 1 aromatic heterocycles. The van der Waals surface area contributed by atoms with Crippen molar-refractivity contribution in [2.75, 3.05) is 11.9 Å². The van der Waals surface area contributed by atoms with E-state index in [2.05, 4.69) is 82.3 Å². The van der Waals surface area contributed by atoms with Gasteiger partial charge in [0.1, 0.15) is 0 Å². The molecule has 3 rings (SSSR count). The van der Waals surface area contributed by atoms with Crippen LogP contribution in [0, 0.1) is 6.92 Å². The molecule has 1 heterocycles. The third kappa shape index (κ3) is 6.23. The minimum absolute atomic E-state index is 0.0657. The molecule has 0 unspecified atom stereocenters. The largest absolute Gasteiger partial charge is 0.345 e. The van der Waals surface area contributed by atoms with Crippen molar-refractivity contribution in [1.29, 1.82) is 0 Å². The van der Waals surface area contributed by atoms with Crippen LogP contribution in [0.15, 0.2) is 71.3 Å². The molecule has 3 aromatic rings. The van der Waals surface area contributed by atoms with E-state index >= 15 is 0 Å². The third-order valence-corrected chi connectivity index (χ3v) is 5.40. The van der Waals surface area contributed by atoms with E-state index in [1.165, 1.54) is 11.1 Å². The normalized spacial score (nSPS) is 10.7. The average Bonchev–Trinajstić information content (AvgIpc) is 3.13. The summed E-state index contributed by atoms with van der Waals surface area (Å²) in [6, 6.07) is 20.3. The number of aromatic nitrogens is 1. The maximum atomic E-state index is 12.9. The molecule has 2 aromatic carbocycles. The zero-order valence-electron chi connectivity index (χ0n) is 17.1. The van der Waals surface area contributed by atoms with E-state index in [0.717, 1.165) is 41.8 Å². The summed E-state index contributed by atoms with van der Waals surface area (Å²) in [5.74, 6) is 0. The highest BCUT2D eigenvalue weighted by atomic mass is 79.9. The van der Waals surface area contributed by atoms with Gasteiger partial charge in [-0.25, -0.2) is 4.79 Å². The minimum atomic E-state index is -0.0657. The smallest absolute Gasteiger partial charge is 0.322 e. The Morgan fingerprint density at radius 2 is 1.90 bits per heavy atom. The van der Waals surface area contributed by atoms with Gasteiger partial charge in [0.05, 0.1) is 6.54 Å². The molecule has 0 saturated carbocycles. The van der Waals surface area contributed by atoms with E-state index in [1.54, 1.807) is 0 Å². The summed E-state index contributed by atoms with van der Waals surface area (Å²) in [5.41, 5.74) is 4.46. The maximum absolute atomic E-state index is 12.9. The average molecular weight is 454 g/mol. The summed E-state index contributed by atoms with van der Waals surface area (Å²) in [6.07, 6.45) is 4.11. The van der Waals surface area contributed by atoms with E-state index in [-0.39, 0.29) is 6.03 Å². The molecule has 1 N–H and O–H groups in total. The van der Waals surface area contributed by atoms with Crippen molar-refractivity contribution in [2.45, 2.75) is 39.8 Å². The molecule has 0 spiro atoms. The minimum Gasteiger partial charge on any atom is -0.345 e. The van der Waals surface area contributed by atoms with Crippen molar-refractivity contribution in [2.24, 2.45) is 0 Å². The van der Waals surface area contributed by atoms with Crippen LogP contribution >= 0.6 is 15.9 Å². The molecule has 4 nitrogen and oxygen atoms in total. The van der Waals surface area contributed by atoms with Crippen LogP contribution in [-0.4, -0.2) is 22.0 Å². The fourth-order valence-electron chi connectivity index (χ4n) is 3.29. The van der Waals surface area contributed by atoms with Gasteiger partial charge in [-0.05, 0) is 55.3 Å². The Hall–Kier alpha value is -2.53. The predicted molar refractivity (Wildman–Crippen MR) is 123 cm³/mol. The first-order valence-electron chi connectivity index (χ1n) is 10.1. The fraction of sp³-hybridized carbons (Fsp3) is 0.292. The molecule has 0 atom stereocenters. The number of nitrogens with one attached hydrogen (secondary N) is 1. The van der Waals surface area contributed by atoms with Crippen LogP contribution in [0.4, 0.5) is 10.5 Å². The summed E-state index contributed by atoms with van der Waals surface area (Å²) in [5, 5.41) is 3.02. The van der Waals surface area contributed by atoms with Crippen LogP contribution in [0.5, 0.6) is 0 Å². The quantitative estimate of drug-likeness (QED) is 0.418. The lowest BCUT2D eigenvalue weighted by atomic mass is 10.1. The van der Waals surface area contributed by atoms with Crippen molar-refractivity contribution < 1.29 is 4.79 Å². The lowest BCUT2D eigenvalue weighted by Gasteiger charge is -2.24. The number of rotatable bonds is 8. The standard InChI is InChI=1S/C24H28BrN3O/c1-3-4-14-28(24(29)26-22-12-10-21(25)11-13-22)18-23-9-6-15-27(23)17-20-8-5-7-19(2)16-20/h5-13,15-16H,3-4,14,17-18H2,1-2H3,(H,26,29). The number of unbranched alkanes of at least 4 members (excludes halogenated alkanes) is 1. The lowest BCUT2D eigenvalue weighted by Crippen LogP contribution is -2.36. The first-order valence-corrected chi connectivity index (χ1v) is 10.9. The highest BCUT2D eigenvalue weighted by Crippen LogP contribution is 2.17. The van der Waals surface area contributed by atoms with Crippen molar-refractivity contribution in [1.82, 2.24) is 9.47 Å². The van der Waals surface area contributed by atoms with E-state index in [1.807, 2.05) is 29.2 Å². The van der Waals surface area contributed by atoms with E-state index < -0.39 is 0 Å². The van der Waals surface area contributed by atoms with Crippen molar-refractivity contribution >= 4 is 27.6 Å². The number of urea groups is 1. The Balaban J connectivity index is 1.72. The summed E-state index contributed by atoms with van der Waals surface area (Å²) in [6.45, 7) is 6.37. The van der Waals surface area contributed by atoms with Crippen LogP contribution in [0.2, 0.25) is 0 Å². The highest BCUT2D eigenvalue weighted by molar-refractivity contribution is 9.10. The van der Waals surface area contributed by atoms with Crippen LogP contribution in [-0.2, 0) is 13.1 Å². The van der Waals surface area contributed by atoms with Gasteiger partial charge in [-0.2, -0.15) is 0 Å². The number of anilines is 1. The number of hydrogen-bond donors (Lipinski definition) is 1. The molecular formula is C24H28BrN3O. The maximum Gasteiger partial charge on any atom is 0.322 e. The molecule has 0 fully saturated rings. The van der Waals surface area contributed by atoms with Gasteiger partial charge in [-0.1, -0.05) is 59.1 Å². The predicted octanol–water partition coefficient (Wildman–Crippen LogP) is 6.44. The van der Waals surface area contributed by atoms with Crippen molar-refractivity contribution in [3.63, 3.8) is 0 Å². The lowest BCUT2D eigenvalue weighted by molar-refractivity contribution is 0.207. The Bertz CT molecular complexity index is 933. The molecule has 0 aliphatic carbocycles. The van der Waals surface area contributed by atoms with Gasteiger partial charge in [-0.15, -0.1) is 0 Å². The first-order chi connectivity index (χ1) is 14.0. The summed E-state index contributed by atoms with van der Waals surface area (Å²) < 4.78 is 3.22. The molecule has 0 aliphatic rings. The van der Waals surface area contributed by atoms with Gasteiger partial charge in [0.2, 0.25) is 0 Å². The number of carbonyl (C=O) groups excluding carboxylic acids is 1.